The molecular weight excluding hydrogens is 292 g/mol. The number of amides is 1. The van der Waals surface area contributed by atoms with Crippen LogP contribution in [0.4, 0.5) is 0 Å². The first-order valence-electron chi connectivity index (χ1n) is 7.13. The summed E-state index contributed by atoms with van der Waals surface area (Å²) >= 11 is 1.84. The molecule has 1 fully saturated rings. The first-order valence-corrected chi connectivity index (χ1v) is 7.95. The van der Waals surface area contributed by atoms with E-state index in [-0.39, 0.29) is 12.4 Å². The zero-order valence-corrected chi connectivity index (χ0v) is 14.1. The van der Waals surface area contributed by atoms with Crippen LogP contribution in [0.5, 0.6) is 0 Å². The molecule has 1 aromatic heterocycles. The SMILES string of the molecule is Cc1ccc(CCCC(=O)N2CC(C)NC(C)C2)s1.Cl. The minimum atomic E-state index is 0. The number of aryl methyl sites for hydroxylation is 2. The van der Waals surface area contributed by atoms with Crippen molar-refractivity contribution < 1.29 is 4.79 Å². The molecule has 20 heavy (non-hydrogen) atoms. The quantitative estimate of drug-likeness (QED) is 0.926. The van der Waals surface area contributed by atoms with Gasteiger partial charge in [-0.05, 0) is 45.7 Å². The highest BCUT2D eigenvalue weighted by atomic mass is 35.5. The van der Waals surface area contributed by atoms with Gasteiger partial charge in [-0.15, -0.1) is 23.7 Å². The topological polar surface area (TPSA) is 32.3 Å². The minimum Gasteiger partial charge on any atom is -0.340 e. The van der Waals surface area contributed by atoms with Gasteiger partial charge in [0.05, 0.1) is 0 Å². The molecule has 0 aliphatic carbocycles. The van der Waals surface area contributed by atoms with Crippen molar-refractivity contribution in [2.24, 2.45) is 0 Å². The highest BCUT2D eigenvalue weighted by Gasteiger charge is 2.24. The van der Waals surface area contributed by atoms with Gasteiger partial charge in [0.15, 0.2) is 0 Å². The van der Waals surface area contributed by atoms with Crippen LogP contribution in [0.15, 0.2) is 12.1 Å². The van der Waals surface area contributed by atoms with Gasteiger partial charge in [-0.2, -0.15) is 0 Å². The molecule has 0 radical (unpaired) electrons. The van der Waals surface area contributed by atoms with Gasteiger partial charge in [0.1, 0.15) is 0 Å². The van der Waals surface area contributed by atoms with Gasteiger partial charge in [0, 0.05) is 41.3 Å². The van der Waals surface area contributed by atoms with Crippen LogP contribution >= 0.6 is 23.7 Å². The maximum atomic E-state index is 12.2. The van der Waals surface area contributed by atoms with Crippen LogP contribution in [0, 0.1) is 6.92 Å². The van der Waals surface area contributed by atoms with Crippen LogP contribution < -0.4 is 5.32 Å². The fraction of sp³-hybridized carbons (Fsp3) is 0.667. The lowest BCUT2D eigenvalue weighted by molar-refractivity contribution is -0.133. The molecule has 2 atom stereocenters. The lowest BCUT2D eigenvalue weighted by atomic mass is 10.1. The number of hydrogen-bond donors (Lipinski definition) is 1. The average Bonchev–Trinajstić information content (AvgIpc) is 2.73. The maximum Gasteiger partial charge on any atom is 0.222 e. The van der Waals surface area contributed by atoms with Crippen molar-refractivity contribution in [1.82, 2.24) is 10.2 Å². The third-order valence-electron chi connectivity index (χ3n) is 3.52. The summed E-state index contributed by atoms with van der Waals surface area (Å²) in [5.41, 5.74) is 0. The number of hydrogen-bond acceptors (Lipinski definition) is 3. The molecule has 1 amide bonds. The van der Waals surface area contributed by atoms with Crippen LogP contribution in [0.2, 0.25) is 0 Å². The first-order chi connectivity index (χ1) is 9.04. The summed E-state index contributed by atoms with van der Waals surface area (Å²) in [6.45, 7) is 8.11. The van der Waals surface area contributed by atoms with Crippen molar-refractivity contribution in [2.75, 3.05) is 13.1 Å². The van der Waals surface area contributed by atoms with E-state index in [1.54, 1.807) is 0 Å². The second kappa shape index (κ2) is 8.01. The fourth-order valence-electron chi connectivity index (χ4n) is 2.72. The largest absolute Gasteiger partial charge is 0.340 e. The average molecular weight is 317 g/mol. The number of nitrogens with zero attached hydrogens (tertiary/aromatic N) is 1. The van der Waals surface area contributed by atoms with Crippen molar-refractivity contribution in [3.63, 3.8) is 0 Å². The van der Waals surface area contributed by atoms with Crippen molar-refractivity contribution >= 4 is 29.7 Å². The highest BCUT2D eigenvalue weighted by molar-refractivity contribution is 7.11. The summed E-state index contributed by atoms with van der Waals surface area (Å²) in [6.07, 6.45) is 2.67. The predicted molar refractivity (Wildman–Crippen MR) is 87.9 cm³/mol. The number of piperazine rings is 1. The number of rotatable bonds is 4. The van der Waals surface area contributed by atoms with Crippen molar-refractivity contribution in [1.29, 1.82) is 0 Å². The van der Waals surface area contributed by atoms with Gasteiger partial charge in [0.2, 0.25) is 5.91 Å². The third-order valence-corrected chi connectivity index (χ3v) is 4.58. The molecule has 1 aliphatic heterocycles. The standard InChI is InChI=1S/C15H24N2OS.ClH/c1-11-9-17(10-12(2)16-11)15(18)6-4-5-14-8-7-13(3)19-14;/h7-8,11-12,16H,4-6,9-10H2,1-3H3;1H. The Balaban J connectivity index is 0.00000200. The normalized spacial score (nSPS) is 22.4. The Hall–Kier alpha value is -0.580. The number of carbonyl (C=O) groups excluding carboxylic acids is 1. The molecule has 2 unspecified atom stereocenters. The predicted octanol–water partition coefficient (Wildman–Crippen LogP) is 3.01. The smallest absolute Gasteiger partial charge is 0.222 e. The number of carbonyl (C=O) groups is 1. The summed E-state index contributed by atoms with van der Waals surface area (Å²) in [4.78, 5) is 17.0. The van der Waals surface area contributed by atoms with Crippen LogP contribution in [0.25, 0.3) is 0 Å². The summed E-state index contributed by atoms with van der Waals surface area (Å²) in [6, 6.07) is 5.15. The Morgan fingerprint density at radius 1 is 1.35 bits per heavy atom. The molecule has 1 N–H and O–H groups in total. The maximum absolute atomic E-state index is 12.2. The molecule has 0 bridgehead atoms. The molecule has 5 heteroatoms. The second-order valence-corrected chi connectivity index (χ2v) is 7.01. The first kappa shape index (κ1) is 17.5. The van der Waals surface area contributed by atoms with Gasteiger partial charge in [-0.25, -0.2) is 0 Å². The molecule has 0 spiro atoms. The number of nitrogens with one attached hydrogen (secondary N) is 1. The Morgan fingerprint density at radius 3 is 2.55 bits per heavy atom. The summed E-state index contributed by atoms with van der Waals surface area (Å²) in [7, 11) is 0. The Bertz CT molecular complexity index is 425. The van der Waals surface area contributed by atoms with E-state index < -0.39 is 0 Å². The Labute approximate surface area is 132 Å². The van der Waals surface area contributed by atoms with Gasteiger partial charge in [0.25, 0.3) is 0 Å². The van der Waals surface area contributed by atoms with Gasteiger partial charge in [-0.3, -0.25) is 4.79 Å². The van der Waals surface area contributed by atoms with E-state index in [9.17, 15) is 4.79 Å². The third kappa shape index (κ3) is 5.08. The van der Waals surface area contributed by atoms with Gasteiger partial charge in [-0.1, -0.05) is 0 Å². The van der Waals surface area contributed by atoms with Crippen LogP contribution in [-0.2, 0) is 11.2 Å². The molecule has 1 saturated heterocycles. The zero-order valence-electron chi connectivity index (χ0n) is 12.5. The van der Waals surface area contributed by atoms with Crippen LogP contribution in [0.3, 0.4) is 0 Å². The van der Waals surface area contributed by atoms with Crippen LogP contribution in [-0.4, -0.2) is 36.0 Å². The van der Waals surface area contributed by atoms with Crippen molar-refractivity contribution in [2.45, 2.75) is 52.1 Å². The van der Waals surface area contributed by atoms with E-state index in [1.165, 1.54) is 9.75 Å². The molecule has 2 rings (SSSR count). The molecule has 0 aromatic carbocycles. The second-order valence-electron chi connectivity index (χ2n) is 5.63. The lowest BCUT2D eigenvalue weighted by Gasteiger charge is -2.36. The molecule has 1 aliphatic rings. The summed E-state index contributed by atoms with van der Waals surface area (Å²) in [5, 5.41) is 3.46. The van der Waals surface area contributed by atoms with Gasteiger partial charge < -0.3 is 10.2 Å². The zero-order chi connectivity index (χ0) is 13.8. The van der Waals surface area contributed by atoms with E-state index in [2.05, 4.69) is 38.2 Å². The van der Waals surface area contributed by atoms with Gasteiger partial charge >= 0.3 is 0 Å². The molecule has 3 nitrogen and oxygen atoms in total. The molecule has 0 saturated carbocycles. The molecule has 114 valence electrons. The molecular formula is C15H25ClN2OS. The van der Waals surface area contributed by atoms with Crippen molar-refractivity contribution in [3.8, 4) is 0 Å². The van der Waals surface area contributed by atoms with E-state index in [0.717, 1.165) is 25.9 Å². The van der Waals surface area contributed by atoms with E-state index >= 15 is 0 Å². The van der Waals surface area contributed by atoms with E-state index in [4.69, 9.17) is 0 Å². The van der Waals surface area contributed by atoms with E-state index in [0.29, 0.717) is 24.4 Å². The van der Waals surface area contributed by atoms with Crippen molar-refractivity contribution in [3.05, 3.63) is 21.9 Å². The Morgan fingerprint density at radius 2 is 2.00 bits per heavy atom. The summed E-state index contributed by atoms with van der Waals surface area (Å²) < 4.78 is 0. The molecule has 2 heterocycles. The van der Waals surface area contributed by atoms with Crippen LogP contribution in [0.1, 0.15) is 36.4 Å². The fourth-order valence-corrected chi connectivity index (χ4v) is 3.65. The minimum absolute atomic E-state index is 0. The summed E-state index contributed by atoms with van der Waals surface area (Å²) in [5.74, 6) is 0.313. The lowest BCUT2D eigenvalue weighted by Crippen LogP contribution is -2.55. The highest BCUT2D eigenvalue weighted by Crippen LogP contribution is 2.17. The number of halogens is 1. The van der Waals surface area contributed by atoms with E-state index in [1.807, 2.05) is 16.2 Å². The monoisotopic (exact) mass is 316 g/mol. The number of thiophene rings is 1. The Kier molecular flexibility index (Phi) is 7.00. The molecule has 1 aromatic rings.